The molecule has 2 atom stereocenters. The van der Waals surface area contributed by atoms with Crippen LogP contribution in [0.15, 0.2) is 24.3 Å². The summed E-state index contributed by atoms with van der Waals surface area (Å²) in [7, 11) is 0. The smallest absolute Gasteiger partial charge is 0.222 e. The monoisotopic (exact) mass is 338 g/mol. The van der Waals surface area contributed by atoms with Gasteiger partial charge in [-0.05, 0) is 43.4 Å². The minimum absolute atomic E-state index is 0.0602. The lowest BCUT2D eigenvalue weighted by Gasteiger charge is -2.20. The average molecular weight is 339 g/mol. The Hall–Kier alpha value is -1.55. The summed E-state index contributed by atoms with van der Waals surface area (Å²) in [5.74, 6) is 0.399. The SMILES string of the molecule is CC(=O)N[C@H](CC(=O)N[C@@H](C)CCC(C)C)c1ccc(Cl)cc1. The zero-order valence-corrected chi connectivity index (χ0v) is 15.1. The topological polar surface area (TPSA) is 58.2 Å². The summed E-state index contributed by atoms with van der Waals surface area (Å²) in [6, 6.07) is 6.97. The fourth-order valence-corrected chi connectivity index (χ4v) is 2.49. The molecule has 0 aliphatic carbocycles. The van der Waals surface area contributed by atoms with E-state index in [2.05, 4.69) is 24.5 Å². The molecule has 1 rings (SSSR count). The van der Waals surface area contributed by atoms with Gasteiger partial charge in [0.05, 0.1) is 12.5 Å². The van der Waals surface area contributed by atoms with Crippen LogP contribution in [0.5, 0.6) is 0 Å². The van der Waals surface area contributed by atoms with E-state index in [0.29, 0.717) is 10.9 Å². The van der Waals surface area contributed by atoms with E-state index in [4.69, 9.17) is 11.6 Å². The fraction of sp³-hybridized carbons (Fsp3) is 0.556. The van der Waals surface area contributed by atoms with Crippen LogP contribution in [0.2, 0.25) is 5.02 Å². The molecular formula is C18H27ClN2O2. The second kappa shape index (κ2) is 9.56. The highest BCUT2D eigenvalue weighted by atomic mass is 35.5. The minimum atomic E-state index is -0.345. The van der Waals surface area contributed by atoms with E-state index in [-0.39, 0.29) is 30.3 Å². The van der Waals surface area contributed by atoms with Crippen molar-refractivity contribution in [3.63, 3.8) is 0 Å². The Morgan fingerprint density at radius 3 is 2.17 bits per heavy atom. The van der Waals surface area contributed by atoms with E-state index >= 15 is 0 Å². The normalized spacial score (nSPS) is 13.5. The third kappa shape index (κ3) is 8.03. The molecule has 128 valence electrons. The van der Waals surface area contributed by atoms with Crippen molar-refractivity contribution >= 4 is 23.4 Å². The van der Waals surface area contributed by atoms with Gasteiger partial charge in [-0.15, -0.1) is 0 Å². The zero-order valence-electron chi connectivity index (χ0n) is 14.4. The summed E-state index contributed by atoms with van der Waals surface area (Å²) >= 11 is 5.89. The summed E-state index contributed by atoms with van der Waals surface area (Å²) in [6.07, 6.45) is 2.25. The molecule has 0 saturated heterocycles. The Morgan fingerprint density at radius 1 is 1.04 bits per heavy atom. The van der Waals surface area contributed by atoms with Gasteiger partial charge in [-0.3, -0.25) is 9.59 Å². The third-order valence-electron chi connectivity index (χ3n) is 3.62. The molecule has 0 aliphatic heterocycles. The number of hydrogen-bond donors (Lipinski definition) is 2. The maximum atomic E-state index is 12.2. The molecule has 2 N–H and O–H groups in total. The Morgan fingerprint density at radius 2 is 1.65 bits per heavy atom. The average Bonchev–Trinajstić information content (AvgIpc) is 2.44. The van der Waals surface area contributed by atoms with Gasteiger partial charge in [0.1, 0.15) is 0 Å². The van der Waals surface area contributed by atoms with Gasteiger partial charge in [-0.1, -0.05) is 37.6 Å². The summed E-state index contributed by atoms with van der Waals surface area (Å²) in [4.78, 5) is 23.6. The third-order valence-corrected chi connectivity index (χ3v) is 3.88. The van der Waals surface area contributed by atoms with Crippen molar-refractivity contribution in [2.45, 2.75) is 59.0 Å². The van der Waals surface area contributed by atoms with Crippen LogP contribution in [0.3, 0.4) is 0 Å². The first-order valence-electron chi connectivity index (χ1n) is 8.09. The van der Waals surface area contributed by atoms with E-state index in [9.17, 15) is 9.59 Å². The van der Waals surface area contributed by atoms with Crippen LogP contribution in [0.1, 0.15) is 58.6 Å². The van der Waals surface area contributed by atoms with E-state index < -0.39 is 0 Å². The molecule has 4 nitrogen and oxygen atoms in total. The molecule has 0 spiro atoms. The van der Waals surface area contributed by atoms with Crippen molar-refractivity contribution in [3.05, 3.63) is 34.9 Å². The number of nitrogens with one attached hydrogen (secondary N) is 2. The maximum absolute atomic E-state index is 12.2. The van der Waals surface area contributed by atoms with Gasteiger partial charge in [0.15, 0.2) is 0 Å². The van der Waals surface area contributed by atoms with Crippen LogP contribution >= 0.6 is 11.6 Å². The Kier molecular flexibility index (Phi) is 8.10. The highest BCUT2D eigenvalue weighted by molar-refractivity contribution is 6.30. The zero-order chi connectivity index (χ0) is 17.4. The number of amides is 2. The van der Waals surface area contributed by atoms with E-state index in [1.54, 1.807) is 12.1 Å². The van der Waals surface area contributed by atoms with Crippen LogP contribution in [0.4, 0.5) is 0 Å². The number of rotatable bonds is 8. The second-order valence-electron chi connectivity index (χ2n) is 6.45. The van der Waals surface area contributed by atoms with Crippen LogP contribution in [0, 0.1) is 5.92 Å². The molecule has 0 heterocycles. The molecule has 5 heteroatoms. The number of benzene rings is 1. The number of carbonyl (C=O) groups is 2. The van der Waals surface area contributed by atoms with Gasteiger partial charge in [-0.25, -0.2) is 0 Å². The second-order valence-corrected chi connectivity index (χ2v) is 6.88. The summed E-state index contributed by atoms with van der Waals surface area (Å²) in [6.45, 7) is 7.80. The van der Waals surface area contributed by atoms with Crippen molar-refractivity contribution in [2.75, 3.05) is 0 Å². The Labute approximate surface area is 144 Å². The molecule has 0 fully saturated rings. The minimum Gasteiger partial charge on any atom is -0.354 e. The molecule has 1 aromatic carbocycles. The molecule has 0 unspecified atom stereocenters. The van der Waals surface area contributed by atoms with Gasteiger partial charge in [0, 0.05) is 18.0 Å². The van der Waals surface area contributed by atoms with Gasteiger partial charge < -0.3 is 10.6 Å². The highest BCUT2D eigenvalue weighted by Crippen LogP contribution is 2.19. The lowest BCUT2D eigenvalue weighted by atomic mass is 10.0. The molecule has 1 aromatic rings. The lowest BCUT2D eigenvalue weighted by molar-refractivity contribution is -0.123. The standard InChI is InChI=1S/C18H27ClN2O2/c1-12(2)5-6-13(3)20-18(23)11-17(21-14(4)22)15-7-9-16(19)10-8-15/h7-10,12-13,17H,5-6,11H2,1-4H3,(H,20,23)(H,21,22)/t13-,17+/m0/s1. The van der Waals surface area contributed by atoms with E-state index in [1.165, 1.54) is 6.92 Å². The first-order valence-corrected chi connectivity index (χ1v) is 8.47. The molecule has 0 bridgehead atoms. The number of carbonyl (C=O) groups excluding carboxylic acids is 2. The van der Waals surface area contributed by atoms with Crippen molar-refractivity contribution < 1.29 is 9.59 Å². The molecular weight excluding hydrogens is 312 g/mol. The maximum Gasteiger partial charge on any atom is 0.222 e. The van der Waals surface area contributed by atoms with Crippen LogP contribution in [-0.4, -0.2) is 17.9 Å². The van der Waals surface area contributed by atoms with Crippen molar-refractivity contribution in [1.29, 1.82) is 0 Å². The molecule has 0 radical (unpaired) electrons. The fourth-order valence-electron chi connectivity index (χ4n) is 2.37. The Balaban J connectivity index is 2.64. The summed E-state index contributed by atoms with van der Waals surface area (Å²) in [5.41, 5.74) is 0.870. The molecule has 0 aromatic heterocycles. The molecule has 0 saturated carbocycles. The molecule has 2 amide bonds. The largest absolute Gasteiger partial charge is 0.354 e. The van der Waals surface area contributed by atoms with Gasteiger partial charge >= 0.3 is 0 Å². The van der Waals surface area contributed by atoms with Crippen molar-refractivity contribution in [3.8, 4) is 0 Å². The van der Waals surface area contributed by atoms with Gasteiger partial charge in [0.2, 0.25) is 11.8 Å². The first-order chi connectivity index (χ1) is 10.8. The highest BCUT2D eigenvalue weighted by Gasteiger charge is 2.18. The number of halogens is 1. The van der Waals surface area contributed by atoms with Crippen LogP contribution < -0.4 is 10.6 Å². The molecule has 0 aliphatic rings. The Bertz CT molecular complexity index is 514. The van der Waals surface area contributed by atoms with Gasteiger partial charge in [-0.2, -0.15) is 0 Å². The predicted molar refractivity (Wildman–Crippen MR) is 94.3 cm³/mol. The van der Waals surface area contributed by atoms with Crippen molar-refractivity contribution in [2.24, 2.45) is 5.92 Å². The van der Waals surface area contributed by atoms with Crippen molar-refractivity contribution in [1.82, 2.24) is 10.6 Å². The predicted octanol–water partition coefficient (Wildman–Crippen LogP) is 3.85. The first kappa shape index (κ1) is 19.5. The van der Waals surface area contributed by atoms with E-state index in [0.717, 1.165) is 18.4 Å². The van der Waals surface area contributed by atoms with Crippen LogP contribution in [-0.2, 0) is 9.59 Å². The summed E-state index contributed by atoms with van der Waals surface area (Å²) in [5, 5.41) is 6.46. The summed E-state index contributed by atoms with van der Waals surface area (Å²) < 4.78 is 0. The number of hydrogen-bond acceptors (Lipinski definition) is 2. The lowest BCUT2D eigenvalue weighted by Crippen LogP contribution is -2.36. The van der Waals surface area contributed by atoms with E-state index in [1.807, 2.05) is 19.1 Å². The van der Waals surface area contributed by atoms with Gasteiger partial charge in [0.25, 0.3) is 0 Å². The quantitative estimate of drug-likeness (QED) is 0.756. The van der Waals surface area contributed by atoms with Crippen LogP contribution in [0.25, 0.3) is 0 Å². The molecule has 23 heavy (non-hydrogen) atoms.